The van der Waals surface area contributed by atoms with E-state index >= 15 is 0 Å². The van der Waals surface area contributed by atoms with E-state index in [9.17, 15) is 13.2 Å². The Balaban J connectivity index is 1.71. The van der Waals surface area contributed by atoms with Crippen LogP contribution in [0.4, 0.5) is 5.69 Å². The summed E-state index contributed by atoms with van der Waals surface area (Å²) in [7, 11) is -3.61. The number of halogens is 1. The molecule has 0 fully saturated rings. The number of aromatic nitrogens is 2. The first-order valence-corrected chi connectivity index (χ1v) is 11.3. The van der Waals surface area contributed by atoms with Crippen molar-refractivity contribution in [1.82, 2.24) is 14.1 Å². The van der Waals surface area contributed by atoms with E-state index in [4.69, 9.17) is 11.6 Å². The lowest BCUT2D eigenvalue weighted by Crippen LogP contribution is -2.24. The van der Waals surface area contributed by atoms with Gasteiger partial charge in [-0.15, -0.1) is 11.3 Å². The quantitative estimate of drug-likeness (QED) is 0.413. The minimum absolute atomic E-state index is 0.101. The third-order valence-corrected chi connectivity index (χ3v) is 6.37. The van der Waals surface area contributed by atoms with Crippen LogP contribution in [0.2, 0.25) is 5.15 Å². The minimum Gasteiger partial charge on any atom is -0.322 e. The standard InChI is InChI=1S/C18H19ClN4O3S2/c1-2-3-9-20-28(25,26)14-6-4-5-13(12-14)21-16(24)8-7-15-17(19)22-18-23(15)10-11-27-18/h4-8,10-12,20H,2-3,9H2,1H3,(H,21,24)/b8-7+. The summed E-state index contributed by atoms with van der Waals surface area (Å²) in [5.41, 5.74) is 0.984. The predicted octanol–water partition coefficient (Wildman–Crippen LogP) is 3.78. The van der Waals surface area contributed by atoms with Gasteiger partial charge in [0.2, 0.25) is 15.9 Å². The number of benzene rings is 1. The van der Waals surface area contributed by atoms with E-state index in [1.54, 1.807) is 22.6 Å². The molecule has 0 bridgehead atoms. The van der Waals surface area contributed by atoms with Gasteiger partial charge in [-0.3, -0.25) is 9.20 Å². The molecule has 2 heterocycles. The van der Waals surface area contributed by atoms with Crippen molar-refractivity contribution in [3.05, 3.63) is 52.8 Å². The molecule has 0 aliphatic rings. The van der Waals surface area contributed by atoms with Crippen LogP contribution in [-0.2, 0) is 14.8 Å². The molecule has 1 amide bonds. The van der Waals surface area contributed by atoms with Crippen molar-refractivity contribution in [2.24, 2.45) is 0 Å². The van der Waals surface area contributed by atoms with Crippen molar-refractivity contribution in [2.45, 2.75) is 24.7 Å². The van der Waals surface area contributed by atoms with Crippen LogP contribution >= 0.6 is 22.9 Å². The topological polar surface area (TPSA) is 92.6 Å². The second-order valence-electron chi connectivity index (χ2n) is 5.95. The van der Waals surface area contributed by atoms with Crippen LogP contribution in [0.25, 0.3) is 11.0 Å². The number of imidazole rings is 1. The molecule has 0 radical (unpaired) electrons. The molecule has 0 spiro atoms. The van der Waals surface area contributed by atoms with Gasteiger partial charge in [0.25, 0.3) is 0 Å². The van der Waals surface area contributed by atoms with Gasteiger partial charge >= 0.3 is 0 Å². The number of unbranched alkanes of at least 4 members (excludes halogenated alkanes) is 1. The number of thiazole rings is 1. The normalized spacial score (nSPS) is 12.1. The number of nitrogens with zero attached hydrogens (tertiary/aromatic N) is 2. The molecule has 3 rings (SSSR count). The number of carbonyl (C=O) groups is 1. The number of anilines is 1. The molecular weight excluding hydrogens is 420 g/mol. The van der Waals surface area contributed by atoms with Gasteiger partial charge < -0.3 is 5.32 Å². The van der Waals surface area contributed by atoms with Crippen molar-refractivity contribution < 1.29 is 13.2 Å². The predicted molar refractivity (Wildman–Crippen MR) is 112 cm³/mol. The highest BCUT2D eigenvalue weighted by Crippen LogP contribution is 2.22. The highest BCUT2D eigenvalue weighted by atomic mass is 35.5. The summed E-state index contributed by atoms with van der Waals surface area (Å²) in [6.45, 7) is 2.36. The second kappa shape index (κ2) is 8.87. The fraction of sp³-hybridized carbons (Fsp3) is 0.222. The number of sulfonamides is 1. The Bertz CT molecular complexity index is 1120. The Morgan fingerprint density at radius 2 is 2.21 bits per heavy atom. The minimum atomic E-state index is -3.61. The van der Waals surface area contributed by atoms with Crippen LogP contribution in [0.3, 0.4) is 0 Å². The van der Waals surface area contributed by atoms with E-state index in [0.717, 1.165) is 17.8 Å². The van der Waals surface area contributed by atoms with Crippen LogP contribution in [0.5, 0.6) is 0 Å². The van der Waals surface area contributed by atoms with Gasteiger partial charge in [-0.2, -0.15) is 0 Å². The summed E-state index contributed by atoms with van der Waals surface area (Å²) >= 11 is 7.53. The zero-order valence-corrected chi connectivity index (χ0v) is 17.4. The van der Waals surface area contributed by atoms with E-state index in [2.05, 4.69) is 15.0 Å². The summed E-state index contributed by atoms with van der Waals surface area (Å²) in [5, 5.41) is 4.84. The summed E-state index contributed by atoms with van der Waals surface area (Å²) in [5.74, 6) is -0.408. The Morgan fingerprint density at radius 3 is 3.00 bits per heavy atom. The van der Waals surface area contributed by atoms with Gasteiger partial charge in [0, 0.05) is 29.9 Å². The highest BCUT2D eigenvalue weighted by molar-refractivity contribution is 7.89. The molecule has 2 aromatic heterocycles. The van der Waals surface area contributed by atoms with Crippen LogP contribution < -0.4 is 10.0 Å². The van der Waals surface area contributed by atoms with Crippen LogP contribution in [-0.4, -0.2) is 30.3 Å². The van der Waals surface area contributed by atoms with Crippen molar-refractivity contribution >= 4 is 55.6 Å². The van der Waals surface area contributed by atoms with E-state index in [0.29, 0.717) is 23.1 Å². The van der Waals surface area contributed by atoms with E-state index in [1.807, 2.05) is 18.5 Å². The maximum atomic E-state index is 12.3. The maximum absolute atomic E-state index is 12.3. The average Bonchev–Trinajstić information content (AvgIpc) is 3.21. The van der Waals surface area contributed by atoms with Crippen LogP contribution in [0.1, 0.15) is 25.5 Å². The Hall–Kier alpha value is -2.20. The number of amides is 1. The first kappa shape index (κ1) is 20.5. The molecule has 0 saturated heterocycles. The van der Waals surface area contributed by atoms with Gasteiger partial charge in [-0.05, 0) is 30.7 Å². The molecule has 10 heteroatoms. The van der Waals surface area contributed by atoms with Crippen LogP contribution in [0, 0.1) is 0 Å². The van der Waals surface area contributed by atoms with Gasteiger partial charge in [-0.25, -0.2) is 18.1 Å². The van der Waals surface area contributed by atoms with E-state index < -0.39 is 15.9 Å². The van der Waals surface area contributed by atoms with E-state index in [1.165, 1.54) is 29.5 Å². The van der Waals surface area contributed by atoms with Gasteiger partial charge in [0.05, 0.1) is 10.6 Å². The molecule has 2 N–H and O–H groups in total. The van der Waals surface area contributed by atoms with Gasteiger partial charge in [-0.1, -0.05) is 31.0 Å². The maximum Gasteiger partial charge on any atom is 0.248 e. The third-order valence-electron chi connectivity index (χ3n) is 3.88. The lowest BCUT2D eigenvalue weighted by molar-refractivity contribution is -0.111. The molecule has 3 aromatic rings. The summed E-state index contributed by atoms with van der Waals surface area (Å²) in [4.78, 5) is 17.3. The SMILES string of the molecule is CCCCNS(=O)(=O)c1cccc(NC(=O)/C=C/c2c(Cl)nc3sccn23)c1. The van der Waals surface area contributed by atoms with Crippen molar-refractivity contribution in [2.75, 3.05) is 11.9 Å². The zero-order chi connectivity index (χ0) is 20.1. The largest absolute Gasteiger partial charge is 0.322 e. The molecule has 148 valence electrons. The average molecular weight is 439 g/mol. The first-order chi connectivity index (χ1) is 13.4. The monoisotopic (exact) mass is 438 g/mol. The fourth-order valence-corrected chi connectivity index (χ4v) is 4.60. The zero-order valence-electron chi connectivity index (χ0n) is 15.1. The second-order valence-corrected chi connectivity index (χ2v) is 8.94. The molecule has 0 aliphatic heterocycles. The Kier molecular flexibility index (Phi) is 6.50. The molecule has 0 saturated carbocycles. The lowest BCUT2D eigenvalue weighted by Gasteiger charge is -2.08. The molecule has 28 heavy (non-hydrogen) atoms. The third kappa shape index (κ3) is 4.79. The van der Waals surface area contributed by atoms with Crippen molar-refractivity contribution in [1.29, 1.82) is 0 Å². The Labute approximate surface area is 172 Å². The number of hydrogen-bond donors (Lipinski definition) is 2. The number of rotatable bonds is 8. The van der Waals surface area contributed by atoms with E-state index in [-0.39, 0.29) is 4.90 Å². The number of carbonyl (C=O) groups excluding carboxylic acids is 1. The van der Waals surface area contributed by atoms with Crippen molar-refractivity contribution in [3.8, 4) is 0 Å². The smallest absolute Gasteiger partial charge is 0.248 e. The van der Waals surface area contributed by atoms with Gasteiger partial charge in [0.1, 0.15) is 0 Å². The summed E-state index contributed by atoms with van der Waals surface area (Å²) in [6.07, 6.45) is 6.36. The number of nitrogens with one attached hydrogen (secondary N) is 2. The van der Waals surface area contributed by atoms with Crippen molar-refractivity contribution in [3.63, 3.8) is 0 Å². The summed E-state index contributed by atoms with van der Waals surface area (Å²) < 4.78 is 28.9. The Morgan fingerprint density at radius 1 is 1.39 bits per heavy atom. The molecule has 0 atom stereocenters. The van der Waals surface area contributed by atoms with Gasteiger partial charge in [0.15, 0.2) is 10.1 Å². The molecular formula is C18H19ClN4O3S2. The fourth-order valence-electron chi connectivity index (χ4n) is 2.47. The number of hydrogen-bond acceptors (Lipinski definition) is 5. The summed E-state index contributed by atoms with van der Waals surface area (Å²) in [6, 6.07) is 6.11. The number of fused-ring (bicyclic) bond motifs is 1. The highest BCUT2D eigenvalue weighted by Gasteiger charge is 2.14. The molecule has 1 aromatic carbocycles. The van der Waals surface area contributed by atoms with Crippen LogP contribution in [0.15, 0.2) is 46.8 Å². The first-order valence-electron chi connectivity index (χ1n) is 8.60. The molecule has 0 aliphatic carbocycles. The molecule has 0 unspecified atom stereocenters. The lowest BCUT2D eigenvalue weighted by atomic mass is 10.3. The molecule has 7 nitrogen and oxygen atoms in total.